The number of hydrogen-bond acceptors (Lipinski definition) is 4. The standard InChI is InChI=1S/C25H23O4S/c26-24(29-23-17-18-28-25(23)27)16-13-19-11-14-22(15-12-19)30(20-7-3-1-4-8-20)21-9-5-2-6-10-21/h1-12,14-15,23H,13,16-18H2/q+1. The highest BCUT2D eigenvalue weighted by molar-refractivity contribution is 7.97. The molecule has 0 bridgehead atoms. The van der Waals surface area contributed by atoms with Crippen LogP contribution in [0.2, 0.25) is 0 Å². The molecule has 1 heterocycles. The fourth-order valence-corrected chi connectivity index (χ4v) is 5.45. The minimum atomic E-state index is -0.737. The Balaban J connectivity index is 1.44. The Morgan fingerprint density at radius 1 is 0.867 bits per heavy atom. The lowest BCUT2D eigenvalue weighted by Crippen LogP contribution is -2.22. The van der Waals surface area contributed by atoms with Gasteiger partial charge in [0.05, 0.1) is 17.5 Å². The summed E-state index contributed by atoms with van der Waals surface area (Å²) >= 11 is 0. The van der Waals surface area contributed by atoms with Gasteiger partial charge >= 0.3 is 11.9 Å². The summed E-state index contributed by atoms with van der Waals surface area (Å²) in [4.78, 5) is 27.2. The first-order valence-corrected chi connectivity index (χ1v) is 11.2. The van der Waals surface area contributed by atoms with Gasteiger partial charge in [-0.3, -0.25) is 4.79 Å². The van der Waals surface area contributed by atoms with E-state index in [0.717, 1.165) is 5.56 Å². The zero-order valence-corrected chi connectivity index (χ0v) is 17.3. The Bertz CT molecular complexity index is 947. The van der Waals surface area contributed by atoms with Crippen LogP contribution in [0.1, 0.15) is 18.4 Å². The number of esters is 2. The van der Waals surface area contributed by atoms with Crippen molar-refractivity contribution in [1.82, 2.24) is 0 Å². The fourth-order valence-electron chi connectivity index (χ4n) is 3.36. The Morgan fingerprint density at radius 2 is 1.43 bits per heavy atom. The molecular weight excluding hydrogens is 396 g/mol. The molecule has 1 saturated heterocycles. The summed E-state index contributed by atoms with van der Waals surface area (Å²) in [6.45, 7) is 0.322. The summed E-state index contributed by atoms with van der Waals surface area (Å²) in [7, 11) is -0.186. The molecule has 1 fully saturated rings. The first-order valence-electron chi connectivity index (χ1n) is 10.0. The van der Waals surface area contributed by atoms with Gasteiger partial charge in [-0.05, 0) is 48.4 Å². The van der Waals surface area contributed by atoms with E-state index in [9.17, 15) is 9.59 Å². The minimum Gasteiger partial charge on any atom is -0.463 e. The van der Waals surface area contributed by atoms with Crippen LogP contribution in [0.5, 0.6) is 0 Å². The molecular formula is C25H23O4S+. The monoisotopic (exact) mass is 419 g/mol. The van der Waals surface area contributed by atoms with Gasteiger partial charge in [0.2, 0.25) is 6.10 Å². The van der Waals surface area contributed by atoms with E-state index in [1.807, 2.05) is 12.1 Å². The lowest BCUT2D eigenvalue weighted by atomic mass is 10.1. The number of cyclic esters (lactones) is 1. The average Bonchev–Trinajstić information content (AvgIpc) is 3.19. The Kier molecular flexibility index (Phi) is 6.50. The van der Waals surface area contributed by atoms with Gasteiger partial charge in [0.15, 0.2) is 14.7 Å². The van der Waals surface area contributed by atoms with Crippen LogP contribution in [0.4, 0.5) is 0 Å². The third kappa shape index (κ3) is 4.92. The summed E-state index contributed by atoms with van der Waals surface area (Å²) in [5.74, 6) is -0.808. The third-order valence-corrected chi connectivity index (χ3v) is 7.13. The van der Waals surface area contributed by atoms with Crippen molar-refractivity contribution in [2.75, 3.05) is 6.61 Å². The van der Waals surface area contributed by atoms with Crippen LogP contribution >= 0.6 is 0 Å². The van der Waals surface area contributed by atoms with E-state index in [2.05, 4.69) is 72.8 Å². The van der Waals surface area contributed by atoms with Gasteiger partial charge in [-0.1, -0.05) is 48.5 Å². The molecule has 1 aliphatic heterocycles. The van der Waals surface area contributed by atoms with E-state index in [4.69, 9.17) is 9.47 Å². The van der Waals surface area contributed by atoms with Crippen molar-refractivity contribution in [2.24, 2.45) is 0 Å². The van der Waals surface area contributed by atoms with Crippen LogP contribution in [0.15, 0.2) is 99.6 Å². The van der Waals surface area contributed by atoms with E-state index < -0.39 is 12.1 Å². The third-order valence-electron chi connectivity index (χ3n) is 4.90. The van der Waals surface area contributed by atoms with E-state index in [1.165, 1.54) is 14.7 Å². The quantitative estimate of drug-likeness (QED) is 0.416. The Labute approximate surface area is 179 Å². The van der Waals surface area contributed by atoms with Crippen molar-refractivity contribution in [3.63, 3.8) is 0 Å². The second-order valence-corrected chi connectivity index (χ2v) is 9.04. The lowest BCUT2D eigenvalue weighted by Gasteiger charge is -2.09. The predicted molar refractivity (Wildman–Crippen MR) is 115 cm³/mol. The lowest BCUT2D eigenvalue weighted by molar-refractivity contribution is -0.160. The zero-order valence-electron chi connectivity index (χ0n) is 16.5. The van der Waals surface area contributed by atoms with Crippen LogP contribution in [0.3, 0.4) is 0 Å². The van der Waals surface area contributed by atoms with Crippen LogP contribution in [-0.4, -0.2) is 24.6 Å². The molecule has 3 aromatic rings. The minimum absolute atomic E-state index is 0.186. The smallest absolute Gasteiger partial charge is 0.347 e. The molecule has 5 heteroatoms. The molecule has 30 heavy (non-hydrogen) atoms. The molecule has 1 atom stereocenters. The van der Waals surface area contributed by atoms with E-state index in [0.29, 0.717) is 19.4 Å². The van der Waals surface area contributed by atoms with Gasteiger partial charge in [-0.2, -0.15) is 0 Å². The molecule has 1 aliphatic rings. The zero-order chi connectivity index (χ0) is 20.8. The van der Waals surface area contributed by atoms with Gasteiger partial charge in [0.1, 0.15) is 0 Å². The molecule has 3 aromatic carbocycles. The van der Waals surface area contributed by atoms with Crippen molar-refractivity contribution in [2.45, 2.75) is 40.1 Å². The molecule has 4 rings (SSSR count). The van der Waals surface area contributed by atoms with E-state index in [-0.39, 0.29) is 23.3 Å². The number of benzene rings is 3. The highest BCUT2D eigenvalue weighted by Gasteiger charge is 2.30. The summed E-state index contributed by atoms with van der Waals surface area (Å²) < 4.78 is 10.0. The molecule has 4 nitrogen and oxygen atoms in total. The average molecular weight is 420 g/mol. The van der Waals surface area contributed by atoms with Crippen molar-refractivity contribution < 1.29 is 19.1 Å². The first-order chi connectivity index (χ1) is 14.7. The number of aryl methyl sites for hydroxylation is 1. The predicted octanol–water partition coefficient (Wildman–Crippen LogP) is 4.57. The van der Waals surface area contributed by atoms with Crippen molar-refractivity contribution in [3.8, 4) is 0 Å². The van der Waals surface area contributed by atoms with Crippen molar-refractivity contribution >= 4 is 22.8 Å². The second-order valence-electron chi connectivity index (χ2n) is 7.01. The molecule has 0 aromatic heterocycles. The highest BCUT2D eigenvalue weighted by Crippen LogP contribution is 2.31. The van der Waals surface area contributed by atoms with Crippen molar-refractivity contribution in [1.29, 1.82) is 0 Å². The Morgan fingerprint density at radius 3 is 1.97 bits per heavy atom. The van der Waals surface area contributed by atoms with Crippen molar-refractivity contribution in [3.05, 3.63) is 90.5 Å². The summed E-state index contributed by atoms with van der Waals surface area (Å²) in [5, 5.41) is 0. The maximum atomic E-state index is 12.0. The first kappa shape index (κ1) is 20.2. The van der Waals surface area contributed by atoms with Gasteiger partial charge in [0.25, 0.3) is 0 Å². The molecule has 152 valence electrons. The molecule has 1 unspecified atom stereocenters. The molecule has 0 aliphatic carbocycles. The van der Waals surface area contributed by atoms with E-state index in [1.54, 1.807) is 0 Å². The van der Waals surface area contributed by atoms with Crippen LogP contribution < -0.4 is 0 Å². The normalized spacial score (nSPS) is 15.8. The maximum absolute atomic E-state index is 12.0. The van der Waals surface area contributed by atoms with Crippen LogP contribution in [0.25, 0.3) is 0 Å². The number of carbonyl (C=O) groups is 2. The van der Waals surface area contributed by atoms with Crippen LogP contribution in [-0.2, 0) is 36.4 Å². The molecule has 0 saturated carbocycles. The van der Waals surface area contributed by atoms with Gasteiger partial charge < -0.3 is 9.47 Å². The number of carbonyl (C=O) groups excluding carboxylic acids is 2. The molecule has 0 N–H and O–H groups in total. The van der Waals surface area contributed by atoms with Gasteiger partial charge in [0, 0.05) is 12.8 Å². The summed E-state index contributed by atoms with van der Waals surface area (Å²) in [6.07, 6.45) is 0.525. The molecule has 0 spiro atoms. The largest absolute Gasteiger partial charge is 0.463 e. The highest BCUT2D eigenvalue weighted by atomic mass is 32.2. The number of ether oxygens (including phenoxy) is 2. The maximum Gasteiger partial charge on any atom is 0.347 e. The topological polar surface area (TPSA) is 52.6 Å². The number of rotatable bonds is 7. The Hall–Kier alpha value is -3.05. The van der Waals surface area contributed by atoms with Gasteiger partial charge in [-0.15, -0.1) is 0 Å². The number of hydrogen-bond donors (Lipinski definition) is 0. The second kappa shape index (κ2) is 9.63. The fraction of sp³-hybridized carbons (Fsp3) is 0.200. The van der Waals surface area contributed by atoms with E-state index >= 15 is 0 Å². The molecule has 0 radical (unpaired) electrons. The summed E-state index contributed by atoms with van der Waals surface area (Å²) in [5.41, 5.74) is 1.06. The summed E-state index contributed by atoms with van der Waals surface area (Å²) in [6, 6.07) is 29.4. The van der Waals surface area contributed by atoms with Crippen LogP contribution in [0, 0.1) is 0 Å². The SMILES string of the molecule is O=C(CCc1ccc([S+](c2ccccc2)c2ccccc2)cc1)OC1CCOC1=O. The molecule has 0 amide bonds. The van der Waals surface area contributed by atoms with Gasteiger partial charge in [-0.25, -0.2) is 4.79 Å².